The molecule has 4 rings (SSSR count). The first kappa shape index (κ1) is 19.0. The minimum Gasteiger partial charge on any atom is -0.497 e. The molecule has 0 bridgehead atoms. The van der Waals surface area contributed by atoms with E-state index in [0.717, 1.165) is 42.2 Å². The first-order valence-electron chi connectivity index (χ1n) is 9.86. The fraction of sp³-hybridized carbons (Fsp3) is 0.250. The third-order valence-electron chi connectivity index (χ3n) is 5.55. The van der Waals surface area contributed by atoms with Crippen LogP contribution in [0.2, 0.25) is 0 Å². The van der Waals surface area contributed by atoms with Crippen molar-refractivity contribution in [3.8, 4) is 17.0 Å². The molecule has 1 aromatic heterocycles. The van der Waals surface area contributed by atoms with Crippen molar-refractivity contribution in [2.45, 2.75) is 26.7 Å². The van der Waals surface area contributed by atoms with Crippen molar-refractivity contribution in [1.29, 1.82) is 0 Å². The maximum absolute atomic E-state index is 5.98. The Kier molecular flexibility index (Phi) is 5.21. The first-order valence-corrected chi connectivity index (χ1v) is 9.86. The molecule has 0 radical (unpaired) electrons. The number of fused-ring (bicyclic) bond motifs is 1. The average molecular weight is 386 g/mol. The van der Waals surface area contributed by atoms with Gasteiger partial charge in [0.1, 0.15) is 11.6 Å². The number of aromatic nitrogens is 2. The Bertz CT molecular complexity index is 1090. The monoisotopic (exact) mass is 386 g/mol. The maximum Gasteiger partial charge on any atom is 0.222 e. The van der Waals surface area contributed by atoms with Gasteiger partial charge in [-0.1, -0.05) is 30.3 Å². The number of nitrogens with zero attached hydrogens (tertiary/aromatic N) is 2. The quantitative estimate of drug-likeness (QED) is 0.637. The van der Waals surface area contributed by atoms with Crippen molar-refractivity contribution >= 4 is 17.3 Å². The zero-order chi connectivity index (χ0) is 20.4. The highest BCUT2D eigenvalue weighted by Crippen LogP contribution is 2.32. The molecule has 5 nitrogen and oxygen atoms in total. The topological polar surface area (TPSA) is 73.1 Å². The SMILES string of the molecule is COc1ccc2c(c1)CC=C2CCNc1cc(-c2cccc(C)c2C)nc(N)n1. The van der Waals surface area contributed by atoms with Gasteiger partial charge in [-0.15, -0.1) is 0 Å². The number of nitrogen functional groups attached to an aromatic ring is 1. The van der Waals surface area contributed by atoms with E-state index in [-0.39, 0.29) is 5.95 Å². The lowest BCUT2D eigenvalue weighted by Crippen LogP contribution is -2.07. The van der Waals surface area contributed by atoms with Gasteiger partial charge in [0.25, 0.3) is 0 Å². The molecule has 3 N–H and O–H groups in total. The Labute approximate surface area is 171 Å². The van der Waals surface area contributed by atoms with E-state index in [1.54, 1.807) is 7.11 Å². The summed E-state index contributed by atoms with van der Waals surface area (Å²) in [4.78, 5) is 8.80. The molecule has 5 heteroatoms. The van der Waals surface area contributed by atoms with E-state index >= 15 is 0 Å². The van der Waals surface area contributed by atoms with E-state index in [1.807, 2.05) is 18.2 Å². The fourth-order valence-electron chi connectivity index (χ4n) is 3.81. The molecule has 1 heterocycles. The zero-order valence-electron chi connectivity index (χ0n) is 17.1. The number of ether oxygens (including phenoxy) is 1. The molecule has 0 amide bonds. The van der Waals surface area contributed by atoms with Crippen molar-refractivity contribution in [2.24, 2.45) is 0 Å². The molecular formula is C24H26N4O. The number of nitrogens with one attached hydrogen (secondary N) is 1. The molecule has 0 saturated heterocycles. The van der Waals surface area contributed by atoms with Crippen molar-refractivity contribution < 1.29 is 4.74 Å². The molecule has 0 spiro atoms. The number of methoxy groups -OCH3 is 1. The van der Waals surface area contributed by atoms with Crippen LogP contribution in [0.1, 0.15) is 28.7 Å². The third-order valence-corrected chi connectivity index (χ3v) is 5.55. The molecule has 148 valence electrons. The lowest BCUT2D eigenvalue weighted by molar-refractivity contribution is 0.414. The van der Waals surface area contributed by atoms with Crippen LogP contribution in [-0.4, -0.2) is 23.6 Å². The first-order chi connectivity index (χ1) is 14.0. The van der Waals surface area contributed by atoms with Gasteiger partial charge in [0.05, 0.1) is 12.8 Å². The highest BCUT2D eigenvalue weighted by atomic mass is 16.5. The standard InChI is InChI=1S/C24H26N4O/c1-15-5-4-6-20(16(15)2)22-14-23(28-24(25)27-22)26-12-11-17-7-8-18-13-19(29-3)9-10-21(17)18/h4-7,9-10,13-14H,8,11-12H2,1-3H3,(H3,25,26,27,28). The van der Waals surface area contributed by atoms with Crippen LogP contribution in [0.5, 0.6) is 5.75 Å². The number of benzene rings is 2. The molecule has 0 aliphatic heterocycles. The summed E-state index contributed by atoms with van der Waals surface area (Å²) in [5.41, 5.74) is 14.3. The van der Waals surface area contributed by atoms with Gasteiger partial charge in [-0.05, 0) is 66.6 Å². The summed E-state index contributed by atoms with van der Waals surface area (Å²) in [6.45, 7) is 4.99. The Balaban J connectivity index is 1.47. The second-order valence-corrected chi connectivity index (χ2v) is 7.38. The van der Waals surface area contributed by atoms with Gasteiger partial charge in [0.2, 0.25) is 5.95 Å². The molecule has 1 aliphatic carbocycles. The molecule has 0 atom stereocenters. The molecule has 29 heavy (non-hydrogen) atoms. The minimum atomic E-state index is 0.281. The van der Waals surface area contributed by atoms with Crippen molar-refractivity contribution in [2.75, 3.05) is 24.7 Å². The number of hydrogen-bond acceptors (Lipinski definition) is 5. The smallest absolute Gasteiger partial charge is 0.222 e. The van der Waals surface area contributed by atoms with Crippen LogP contribution in [0.15, 0.2) is 48.5 Å². The van der Waals surface area contributed by atoms with Crippen molar-refractivity contribution in [1.82, 2.24) is 9.97 Å². The number of aryl methyl sites for hydroxylation is 1. The Morgan fingerprint density at radius 3 is 2.76 bits per heavy atom. The summed E-state index contributed by atoms with van der Waals surface area (Å²) < 4.78 is 5.33. The summed E-state index contributed by atoms with van der Waals surface area (Å²) in [7, 11) is 1.70. The number of allylic oxidation sites excluding steroid dienone is 1. The van der Waals surface area contributed by atoms with E-state index in [9.17, 15) is 0 Å². The molecular weight excluding hydrogens is 360 g/mol. The van der Waals surface area contributed by atoms with Crippen molar-refractivity contribution in [3.63, 3.8) is 0 Å². The summed E-state index contributed by atoms with van der Waals surface area (Å²) in [5.74, 6) is 1.94. The molecule has 0 fully saturated rings. The van der Waals surface area contributed by atoms with Crippen LogP contribution in [0.3, 0.4) is 0 Å². The summed E-state index contributed by atoms with van der Waals surface area (Å²) in [5, 5.41) is 3.41. The lowest BCUT2D eigenvalue weighted by atomic mass is 10.0. The summed E-state index contributed by atoms with van der Waals surface area (Å²) in [6, 6.07) is 14.5. The predicted molar refractivity (Wildman–Crippen MR) is 119 cm³/mol. The Hall–Kier alpha value is -3.34. The van der Waals surface area contributed by atoms with Gasteiger partial charge in [-0.25, -0.2) is 4.98 Å². The number of nitrogens with two attached hydrogens (primary N) is 1. The second-order valence-electron chi connectivity index (χ2n) is 7.38. The van der Waals surface area contributed by atoms with E-state index < -0.39 is 0 Å². The van der Waals surface area contributed by atoms with E-state index in [2.05, 4.69) is 59.5 Å². The van der Waals surface area contributed by atoms with Gasteiger partial charge in [0, 0.05) is 18.2 Å². The van der Waals surface area contributed by atoms with Gasteiger partial charge in [-0.2, -0.15) is 4.98 Å². The molecule has 0 saturated carbocycles. The predicted octanol–water partition coefficient (Wildman–Crippen LogP) is 4.79. The van der Waals surface area contributed by atoms with Gasteiger partial charge in [0.15, 0.2) is 0 Å². The summed E-state index contributed by atoms with van der Waals surface area (Å²) in [6.07, 6.45) is 4.17. The maximum atomic E-state index is 5.98. The normalized spacial score (nSPS) is 12.4. The van der Waals surface area contributed by atoms with Crippen LogP contribution in [-0.2, 0) is 6.42 Å². The van der Waals surface area contributed by atoms with Gasteiger partial charge >= 0.3 is 0 Å². The highest BCUT2D eigenvalue weighted by Gasteiger charge is 2.15. The van der Waals surface area contributed by atoms with E-state index in [4.69, 9.17) is 10.5 Å². The number of hydrogen-bond donors (Lipinski definition) is 2. The fourth-order valence-corrected chi connectivity index (χ4v) is 3.81. The van der Waals surface area contributed by atoms with Crippen LogP contribution >= 0.6 is 0 Å². The molecule has 3 aromatic rings. The Morgan fingerprint density at radius 1 is 1.07 bits per heavy atom. The molecule has 1 aliphatic rings. The van der Waals surface area contributed by atoms with Gasteiger partial charge < -0.3 is 15.8 Å². The van der Waals surface area contributed by atoms with Crippen molar-refractivity contribution in [3.05, 3.63) is 70.8 Å². The van der Waals surface area contributed by atoms with Gasteiger partial charge in [-0.3, -0.25) is 0 Å². The average Bonchev–Trinajstić information content (AvgIpc) is 3.12. The van der Waals surface area contributed by atoms with Crippen LogP contribution in [0.4, 0.5) is 11.8 Å². The van der Waals surface area contributed by atoms with E-state index in [0.29, 0.717) is 0 Å². The zero-order valence-corrected chi connectivity index (χ0v) is 17.1. The minimum absolute atomic E-state index is 0.281. The number of anilines is 2. The summed E-state index contributed by atoms with van der Waals surface area (Å²) >= 11 is 0. The number of rotatable bonds is 6. The second kappa shape index (κ2) is 7.95. The van der Waals surface area contributed by atoms with Crippen LogP contribution in [0.25, 0.3) is 16.8 Å². The largest absolute Gasteiger partial charge is 0.497 e. The van der Waals surface area contributed by atoms with Crippen LogP contribution < -0.4 is 15.8 Å². The molecule has 0 unspecified atom stereocenters. The highest BCUT2D eigenvalue weighted by molar-refractivity contribution is 5.74. The molecule has 2 aromatic carbocycles. The van der Waals surface area contributed by atoms with Crippen LogP contribution in [0, 0.1) is 13.8 Å². The van der Waals surface area contributed by atoms with E-state index in [1.165, 1.54) is 27.8 Å². The Morgan fingerprint density at radius 2 is 1.93 bits per heavy atom. The lowest BCUT2D eigenvalue weighted by Gasteiger charge is -2.12. The third kappa shape index (κ3) is 3.94.